The van der Waals surface area contributed by atoms with Crippen molar-refractivity contribution in [1.29, 1.82) is 5.26 Å². The molecule has 0 aliphatic carbocycles. The van der Waals surface area contributed by atoms with E-state index < -0.39 is 0 Å². The summed E-state index contributed by atoms with van der Waals surface area (Å²) in [5, 5.41) is 8.84. The second kappa shape index (κ2) is 4.59. The molecule has 0 spiro atoms. The van der Waals surface area contributed by atoms with E-state index in [1.807, 2.05) is 19.1 Å². The molecule has 2 heteroatoms. The summed E-state index contributed by atoms with van der Waals surface area (Å²) in [4.78, 5) is 0. The predicted molar refractivity (Wildman–Crippen MR) is 57.6 cm³/mol. The molecule has 0 radical (unpaired) electrons. The number of nitrogens with two attached hydrogens (primary N) is 1. The van der Waals surface area contributed by atoms with Crippen molar-refractivity contribution in [3.8, 4) is 6.07 Å². The van der Waals surface area contributed by atoms with Gasteiger partial charge >= 0.3 is 0 Å². The fourth-order valence-electron chi connectivity index (χ4n) is 1.48. The van der Waals surface area contributed by atoms with Gasteiger partial charge in [-0.2, -0.15) is 5.26 Å². The van der Waals surface area contributed by atoms with Gasteiger partial charge in [0.25, 0.3) is 0 Å². The van der Waals surface area contributed by atoms with Crippen molar-refractivity contribution in [2.75, 3.05) is 0 Å². The molecule has 0 aliphatic heterocycles. The van der Waals surface area contributed by atoms with Crippen LogP contribution in [-0.4, -0.2) is 0 Å². The molecule has 72 valence electrons. The zero-order valence-corrected chi connectivity index (χ0v) is 8.33. The molecule has 0 unspecified atom stereocenters. The monoisotopic (exact) mass is 186 g/mol. The molecule has 0 fully saturated rings. The molecular formula is C12H14N2. The minimum Gasteiger partial charge on any atom is -0.324 e. The summed E-state index contributed by atoms with van der Waals surface area (Å²) in [5.41, 5.74) is 8.65. The number of nitrogens with zero attached hydrogens (tertiary/aromatic N) is 1. The van der Waals surface area contributed by atoms with Gasteiger partial charge in [-0.15, -0.1) is 6.58 Å². The first-order valence-corrected chi connectivity index (χ1v) is 4.56. The van der Waals surface area contributed by atoms with E-state index >= 15 is 0 Å². The van der Waals surface area contributed by atoms with Crippen molar-refractivity contribution in [2.24, 2.45) is 5.73 Å². The Morgan fingerprint density at radius 2 is 2.36 bits per heavy atom. The largest absolute Gasteiger partial charge is 0.324 e. The second-order valence-corrected chi connectivity index (χ2v) is 3.26. The highest BCUT2D eigenvalue weighted by Crippen LogP contribution is 2.21. The van der Waals surface area contributed by atoms with Gasteiger partial charge in [0.15, 0.2) is 0 Å². The standard InChI is InChI=1S/C12H14N2/c1-3-5-12(14)11-7-4-6-10(8-13)9(11)2/h3-4,6-7,12H,1,5,14H2,2H3/t12-/m1/s1. The third-order valence-electron chi connectivity index (χ3n) is 2.32. The van der Waals surface area contributed by atoms with Crippen LogP contribution < -0.4 is 5.73 Å². The molecule has 1 atom stereocenters. The molecule has 0 aromatic heterocycles. The van der Waals surface area contributed by atoms with Crippen molar-refractivity contribution >= 4 is 0 Å². The zero-order valence-electron chi connectivity index (χ0n) is 8.33. The average Bonchev–Trinajstić information content (AvgIpc) is 2.18. The van der Waals surface area contributed by atoms with Crippen LogP contribution in [0.15, 0.2) is 30.9 Å². The summed E-state index contributed by atoms with van der Waals surface area (Å²) in [6.45, 7) is 5.58. The van der Waals surface area contributed by atoms with Gasteiger partial charge in [-0.1, -0.05) is 18.2 Å². The molecule has 0 saturated heterocycles. The highest BCUT2D eigenvalue weighted by Gasteiger charge is 2.09. The molecule has 0 bridgehead atoms. The van der Waals surface area contributed by atoms with E-state index in [1.165, 1.54) is 0 Å². The molecule has 2 N–H and O–H groups in total. The van der Waals surface area contributed by atoms with Gasteiger partial charge in [0.2, 0.25) is 0 Å². The molecule has 14 heavy (non-hydrogen) atoms. The van der Waals surface area contributed by atoms with E-state index in [4.69, 9.17) is 11.0 Å². The third kappa shape index (κ3) is 2.01. The van der Waals surface area contributed by atoms with E-state index in [0.29, 0.717) is 5.56 Å². The lowest BCUT2D eigenvalue weighted by atomic mass is 9.96. The van der Waals surface area contributed by atoms with Gasteiger partial charge < -0.3 is 5.73 Å². The molecule has 1 aromatic carbocycles. The SMILES string of the molecule is C=CC[C@@H](N)c1cccc(C#N)c1C. The van der Waals surface area contributed by atoms with E-state index in [-0.39, 0.29) is 6.04 Å². The molecular weight excluding hydrogens is 172 g/mol. The smallest absolute Gasteiger partial charge is 0.0994 e. The number of hydrogen-bond donors (Lipinski definition) is 1. The van der Waals surface area contributed by atoms with E-state index in [1.54, 1.807) is 12.1 Å². The summed E-state index contributed by atoms with van der Waals surface area (Å²) in [6.07, 6.45) is 2.53. The van der Waals surface area contributed by atoms with E-state index in [0.717, 1.165) is 17.5 Å². The van der Waals surface area contributed by atoms with Crippen LogP contribution in [0, 0.1) is 18.3 Å². The lowest BCUT2D eigenvalue weighted by Gasteiger charge is -2.13. The highest BCUT2D eigenvalue weighted by molar-refractivity contribution is 5.43. The zero-order chi connectivity index (χ0) is 10.6. The average molecular weight is 186 g/mol. The Kier molecular flexibility index (Phi) is 3.44. The molecule has 1 rings (SSSR count). The maximum Gasteiger partial charge on any atom is 0.0994 e. The molecule has 1 aromatic rings. The van der Waals surface area contributed by atoms with Crippen molar-refractivity contribution in [2.45, 2.75) is 19.4 Å². The first kappa shape index (κ1) is 10.5. The number of hydrogen-bond acceptors (Lipinski definition) is 2. The maximum absolute atomic E-state index is 8.84. The Morgan fingerprint density at radius 3 is 2.93 bits per heavy atom. The van der Waals surface area contributed by atoms with Gasteiger partial charge in [-0.3, -0.25) is 0 Å². The van der Waals surface area contributed by atoms with Crippen LogP contribution in [0.3, 0.4) is 0 Å². The van der Waals surface area contributed by atoms with Crippen LogP contribution in [0.1, 0.15) is 29.2 Å². The van der Waals surface area contributed by atoms with Crippen LogP contribution in [0.25, 0.3) is 0 Å². The minimum absolute atomic E-state index is 0.0548. The Balaban J connectivity index is 3.10. The molecule has 0 saturated carbocycles. The number of benzene rings is 1. The Bertz CT molecular complexity index is 374. The first-order valence-electron chi connectivity index (χ1n) is 4.56. The Morgan fingerprint density at radius 1 is 1.64 bits per heavy atom. The fourth-order valence-corrected chi connectivity index (χ4v) is 1.48. The van der Waals surface area contributed by atoms with Gasteiger partial charge in [-0.25, -0.2) is 0 Å². The van der Waals surface area contributed by atoms with Crippen LogP contribution in [0.4, 0.5) is 0 Å². The Labute approximate surface area is 84.7 Å². The summed E-state index contributed by atoms with van der Waals surface area (Å²) in [7, 11) is 0. The van der Waals surface area contributed by atoms with Crippen molar-refractivity contribution in [1.82, 2.24) is 0 Å². The minimum atomic E-state index is -0.0548. The normalized spacial score (nSPS) is 11.8. The fraction of sp³-hybridized carbons (Fsp3) is 0.250. The maximum atomic E-state index is 8.84. The summed E-state index contributed by atoms with van der Waals surface area (Å²) >= 11 is 0. The van der Waals surface area contributed by atoms with Gasteiger partial charge in [-0.05, 0) is 30.5 Å². The van der Waals surface area contributed by atoms with E-state index in [9.17, 15) is 0 Å². The molecule has 0 aliphatic rings. The topological polar surface area (TPSA) is 49.8 Å². The first-order chi connectivity index (χ1) is 6.70. The number of nitriles is 1. The van der Waals surface area contributed by atoms with Crippen LogP contribution in [0.5, 0.6) is 0 Å². The second-order valence-electron chi connectivity index (χ2n) is 3.26. The van der Waals surface area contributed by atoms with Crippen LogP contribution in [0.2, 0.25) is 0 Å². The Hall–Kier alpha value is -1.59. The predicted octanol–water partition coefficient (Wildman–Crippen LogP) is 2.44. The summed E-state index contributed by atoms with van der Waals surface area (Å²) in [6, 6.07) is 7.73. The molecule has 0 heterocycles. The van der Waals surface area contributed by atoms with Gasteiger partial charge in [0, 0.05) is 6.04 Å². The molecule has 2 nitrogen and oxygen atoms in total. The van der Waals surface area contributed by atoms with Gasteiger partial charge in [0.05, 0.1) is 11.6 Å². The third-order valence-corrected chi connectivity index (χ3v) is 2.32. The highest BCUT2D eigenvalue weighted by atomic mass is 14.6. The van der Waals surface area contributed by atoms with Crippen molar-refractivity contribution in [3.05, 3.63) is 47.5 Å². The van der Waals surface area contributed by atoms with Crippen molar-refractivity contribution in [3.63, 3.8) is 0 Å². The molecule has 0 amide bonds. The number of rotatable bonds is 3. The summed E-state index contributed by atoms with van der Waals surface area (Å²) in [5.74, 6) is 0. The quantitative estimate of drug-likeness (QED) is 0.737. The summed E-state index contributed by atoms with van der Waals surface area (Å²) < 4.78 is 0. The lowest BCUT2D eigenvalue weighted by Crippen LogP contribution is -2.11. The van der Waals surface area contributed by atoms with Crippen molar-refractivity contribution < 1.29 is 0 Å². The lowest BCUT2D eigenvalue weighted by molar-refractivity contribution is 0.735. The van der Waals surface area contributed by atoms with E-state index in [2.05, 4.69) is 12.6 Å². The van der Waals surface area contributed by atoms with Gasteiger partial charge in [0.1, 0.15) is 0 Å². The van der Waals surface area contributed by atoms with Crippen LogP contribution in [-0.2, 0) is 0 Å². The van der Waals surface area contributed by atoms with Crippen LogP contribution >= 0.6 is 0 Å².